The van der Waals surface area contributed by atoms with Gasteiger partial charge in [-0.1, -0.05) is 0 Å². The number of carbonyl (C=O) groups is 2. The van der Waals surface area contributed by atoms with Crippen molar-refractivity contribution in [2.24, 2.45) is 5.92 Å². The van der Waals surface area contributed by atoms with Crippen LogP contribution in [0.3, 0.4) is 0 Å². The lowest BCUT2D eigenvalue weighted by atomic mass is 9.87. The Morgan fingerprint density at radius 1 is 1.35 bits per heavy atom. The normalized spacial score (nSPS) is 31.9. The summed E-state index contributed by atoms with van der Waals surface area (Å²) in [6.45, 7) is 4.08. The zero-order valence-corrected chi connectivity index (χ0v) is 14.1. The van der Waals surface area contributed by atoms with Gasteiger partial charge in [-0.05, 0) is 32.1 Å². The van der Waals surface area contributed by atoms with E-state index in [1.54, 1.807) is 7.11 Å². The molecule has 23 heavy (non-hydrogen) atoms. The molecule has 0 aromatic rings. The van der Waals surface area contributed by atoms with E-state index in [1.807, 2.05) is 9.80 Å². The van der Waals surface area contributed by atoms with Crippen LogP contribution in [0.2, 0.25) is 0 Å². The van der Waals surface area contributed by atoms with Gasteiger partial charge in [0.25, 0.3) is 0 Å². The first-order valence-corrected chi connectivity index (χ1v) is 8.82. The van der Waals surface area contributed by atoms with Gasteiger partial charge in [-0.15, -0.1) is 0 Å². The summed E-state index contributed by atoms with van der Waals surface area (Å²) in [6.07, 6.45) is 5.25. The summed E-state index contributed by atoms with van der Waals surface area (Å²) in [6, 6.07) is 0. The van der Waals surface area contributed by atoms with E-state index in [0.717, 1.165) is 45.2 Å². The molecule has 3 aliphatic rings. The van der Waals surface area contributed by atoms with Gasteiger partial charge in [0.15, 0.2) is 0 Å². The third kappa shape index (κ3) is 3.38. The summed E-state index contributed by atoms with van der Waals surface area (Å²) in [5.41, 5.74) is -0.0587. The Morgan fingerprint density at radius 3 is 2.96 bits per heavy atom. The highest BCUT2D eigenvalue weighted by Crippen LogP contribution is 2.39. The molecule has 3 saturated heterocycles. The molecular weight excluding hydrogens is 296 g/mol. The fourth-order valence-electron chi connectivity index (χ4n) is 4.33. The van der Waals surface area contributed by atoms with E-state index in [1.165, 1.54) is 0 Å². The van der Waals surface area contributed by atoms with Gasteiger partial charge in [-0.25, -0.2) is 0 Å². The molecule has 3 rings (SSSR count). The van der Waals surface area contributed by atoms with Gasteiger partial charge in [-0.2, -0.15) is 0 Å². The molecule has 2 amide bonds. The number of nitrogens with zero attached hydrogens (tertiary/aromatic N) is 2. The number of likely N-dealkylation sites (tertiary alicyclic amines) is 2. The van der Waals surface area contributed by atoms with E-state index in [2.05, 4.69) is 0 Å². The van der Waals surface area contributed by atoms with E-state index >= 15 is 0 Å². The van der Waals surface area contributed by atoms with Crippen LogP contribution in [0, 0.1) is 5.92 Å². The van der Waals surface area contributed by atoms with Crippen molar-refractivity contribution in [3.8, 4) is 0 Å². The first kappa shape index (κ1) is 16.7. The van der Waals surface area contributed by atoms with Gasteiger partial charge in [0.05, 0.1) is 19.1 Å². The van der Waals surface area contributed by atoms with Gasteiger partial charge in [0, 0.05) is 45.3 Å². The molecule has 0 bridgehead atoms. The second-order valence-corrected chi connectivity index (χ2v) is 7.00. The Labute approximate surface area is 138 Å². The molecule has 0 unspecified atom stereocenters. The maximum Gasteiger partial charge on any atom is 0.228 e. The molecule has 0 aliphatic carbocycles. The predicted octanol–water partition coefficient (Wildman–Crippen LogP) is 1.04. The van der Waals surface area contributed by atoms with Crippen LogP contribution in [0.4, 0.5) is 0 Å². The molecule has 3 fully saturated rings. The second-order valence-electron chi connectivity index (χ2n) is 7.00. The maximum atomic E-state index is 12.6. The van der Waals surface area contributed by atoms with E-state index in [-0.39, 0.29) is 23.3 Å². The number of amides is 2. The molecule has 1 spiro atoms. The molecule has 0 saturated carbocycles. The standard InChI is InChI=1S/C17H28N2O4/c1-22-12-10-19-15(20)3-6-17(19)5-2-8-18(9-7-17)16(21)14-4-11-23-13-14/h14H,2-13H2,1H3/t14-,17+/m1/s1. The van der Waals surface area contributed by atoms with Crippen molar-refractivity contribution in [1.82, 2.24) is 9.80 Å². The van der Waals surface area contributed by atoms with E-state index in [9.17, 15) is 9.59 Å². The fraction of sp³-hybridized carbons (Fsp3) is 0.882. The summed E-state index contributed by atoms with van der Waals surface area (Å²) in [4.78, 5) is 28.9. The molecule has 6 nitrogen and oxygen atoms in total. The highest BCUT2D eigenvalue weighted by molar-refractivity contribution is 5.80. The summed E-state index contributed by atoms with van der Waals surface area (Å²) < 4.78 is 10.5. The lowest BCUT2D eigenvalue weighted by Crippen LogP contribution is -2.48. The molecule has 0 aromatic heterocycles. The van der Waals surface area contributed by atoms with Crippen LogP contribution in [0.25, 0.3) is 0 Å². The fourth-order valence-corrected chi connectivity index (χ4v) is 4.33. The molecule has 6 heteroatoms. The summed E-state index contributed by atoms with van der Waals surface area (Å²) in [5, 5.41) is 0. The molecular formula is C17H28N2O4. The van der Waals surface area contributed by atoms with Crippen molar-refractivity contribution in [3.63, 3.8) is 0 Å². The Hall–Kier alpha value is -1.14. The Bertz CT molecular complexity index is 450. The van der Waals surface area contributed by atoms with Crippen LogP contribution < -0.4 is 0 Å². The minimum absolute atomic E-state index is 0.0406. The van der Waals surface area contributed by atoms with Crippen molar-refractivity contribution < 1.29 is 19.1 Å². The predicted molar refractivity (Wildman–Crippen MR) is 84.9 cm³/mol. The van der Waals surface area contributed by atoms with Crippen molar-refractivity contribution in [3.05, 3.63) is 0 Å². The van der Waals surface area contributed by atoms with E-state index < -0.39 is 0 Å². The smallest absolute Gasteiger partial charge is 0.228 e. The van der Waals surface area contributed by atoms with Crippen molar-refractivity contribution >= 4 is 11.8 Å². The largest absolute Gasteiger partial charge is 0.383 e. The Morgan fingerprint density at radius 2 is 2.22 bits per heavy atom. The molecule has 3 aliphatic heterocycles. The highest BCUT2D eigenvalue weighted by Gasteiger charge is 2.46. The minimum atomic E-state index is -0.0587. The molecule has 0 N–H and O–H groups in total. The lowest BCUT2D eigenvalue weighted by molar-refractivity contribution is -0.135. The van der Waals surface area contributed by atoms with Gasteiger partial charge in [0.2, 0.25) is 11.8 Å². The first-order chi connectivity index (χ1) is 11.2. The monoisotopic (exact) mass is 324 g/mol. The van der Waals surface area contributed by atoms with Crippen LogP contribution in [0.15, 0.2) is 0 Å². The molecule has 3 heterocycles. The SMILES string of the molecule is COCCN1C(=O)CC[C@]12CCCN(C(=O)[C@@H]1CCOC1)CC2. The van der Waals surface area contributed by atoms with Gasteiger partial charge < -0.3 is 19.3 Å². The average molecular weight is 324 g/mol. The Balaban J connectivity index is 1.64. The topological polar surface area (TPSA) is 59.1 Å². The number of carbonyl (C=O) groups excluding carboxylic acids is 2. The number of rotatable bonds is 4. The third-order valence-electron chi connectivity index (χ3n) is 5.70. The summed E-state index contributed by atoms with van der Waals surface area (Å²) in [5.74, 6) is 0.525. The third-order valence-corrected chi connectivity index (χ3v) is 5.70. The van der Waals surface area contributed by atoms with E-state index in [4.69, 9.17) is 9.47 Å². The number of ether oxygens (including phenoxy) is 2. The van der Waals surface area contributed by atoms with Crippen molar-refractivity contribution in [1.29, 1.82) is 0 Å². The summed E-state index contributed by atoms with van der Waals surface area (Å²) in [7, 11) is 1.67. The Kier molecular flexibility index (Phi) is 5.21. The van der Waals surface area contributed by atoms with Crippen LogP contribution in [0.5, 0.6) is 0 Å². The first-order valence-electron chi connectivity index (χ1n) is 8.82. The van der Waals surface area contributed by atoms with E-state index in [0.29, 0.717) is 32.8 Å². The number of hydrogen-bond donors (Lipinski definition) is 0. The zero-order chi connectivity index (χ0) is 16.3. The van der Waals surface area contributed by atoms with Crippen LogP contribution >= 0.6 is 0 Å². The van der Waals surface area contributed by atoms with Crippen molar-refractivity contribution in [2.75, 3.05) is 46.6 Å². The molecule has 130 valence electrons. The van der Waals surface area contributed by atoms with Crippen LogP contribution in [-0.2, 0) is 19.1 Å². The number of hydrogen-bond acceptors (Lipinski definition) is 4. The number of methoxy groups -OCH3 is 1. The lowest BCUT2D eigenvalue weighted by Gasteiger charge is -2.38. The highest BCUT2D eigenvalue weighted by atomic mass is 16.5. The van der Waals surface area contributed by atoms with Crippen LogP contribution in [0.1, 0.15) is 38.5 Å². The quantitative estimate of drug-likeness (QED) is 0.775. The zero-order valence-electron chi connectivity index (χ0n) is 14.1. The molecule has 0 radical (unpaired) electrons. The van der Waals surface area contributed by atoms with Crippen molar-refractivity contribution in [2.45, 2.75) is 44.1 Å². The second kappa shape index (κ2) is 7.18. The molecule has 2 atom stereocenters. The van der Waals surface area contributed by atoms with Gasteiger partial charge >= 0.3 is 0 Å². The van der Waals surface area contributed by atoms with Crippen LogP contribution in [-0.4, -0.2) is 73.7 Å². The molecule has 0 aromatic carbocycles. The average Bonchev–Trinajstić information content (AvgIpc) is 3.12. The van der Waals surface area contributed by atoms with Gasteiger partial charge in [0.1, 0.15) is 0 Å². The van der Waals surface area contributed by atoms with Gasteiger partial charge in [-0.3, -0.25) is 9.59 Å². The summed E-state index contributed by atoms with van der Waals surface area (Å²) >= 11 is 0. The minimum Gasteiger partial charge on any atom is -0.383 e. The maximum absolute atomic E-state index is 12.6.